The van der Waals surface area contributed by atoms with Crippen molar-refractivity contribution >= 4 is 15.9 Å². The summed E-state index contributed by atoms with van der Waals surface area (Å²) >= 11 is 3.45. The highest BCUT2D eigenvalue weighted by molar-refractivity contribution is 9.09. The molecule has 0 bridgehead atoms. The van der Waals surface area contributed by atoms with E-state index in [1.807, 2.05) is 13.0 Å². The van der Waals surface area contributed by atoms with Gasteiger partial charge in [-0.3, -0.25) is 0 Å². The Morgan fingerprint density at radius 1 is 1.13 bits per heavy atom. The van der Waals surface area contributed by atoms with Crippen LogP contribution in [-0.4, -0.2) is 11.9 Å². The van der Waals surface area contributed by atoms with Crippen LogP contribution in [0.2, 0.25) is 0 Å². The van der Waals surface area contributed by atoms with Gasteiger partial charge in [0.25, 0.3) is 0 Å². The summed E-state index contributed by atoms with van der Waals surface area (Å²) in [6.07, 6.45) is 4.92. The average molecular weight is 271 g/mol. The van der Waals surface area contributed by atoms with Crippen molar-refractivity contribution in [2.75, 3.05) is 11.9 Å². The molecule has 0 amide bonds. The highest BCUT2D eigenvalue weighted by Crippen LogP contribution is 2.20. The van der Waals surface area contributed by atoms with Gasteiger partial charge in [0.2, 0.25) is 0 Å². The minimum Gasteiger partial charge on any atom is -0.494 e. The van der Waals surface area contributed by atoms with Gasteiger partial charge in [-0.1, -0.05) is 40.5 Å². The van der Waals surface area contributed by atoms with Crippen molar-refractivity contribution in [2.24, 2.45) is 0 Å². The molecule has 0 fully saturated rings. The number of alkyl halides is 1. The molecule has 1 rings (SSSR count). The van der Waals surface area contributed by atoms with Crippen molar-refractivity contribution in [1.82, 2.24) is 0 Å². The maximum atomic E-state index is 5.58. The van der Waals surface area contributed by atoms with Crippen molar-refractivity contribution in [3.8, 4) is 5.75 Å². The molecule has 0 aromatic heterocycles. The van der Waals surface area contributed by atoms with Gasteiger partial charge >= 0.3 is 0 Å². The number of benzene rings is 1. The van der Waals surface area contributed by atoms with Gasteiger partial charge in [0, 0.05) is 5.33 Å². The lowest BCUT2D eigenvalue weighted by Gasteiger charge is -2.09. The average Bonchev–Trinajstić information content (AvgIpc) is 2.27. The fourth-order valence-electron chi connectivity index (χ4n) is 1.59. The van der Waals surface area contributed by atoms with Crippen LogP contribution in [0.1, 0.15) is 31.7 Å². The molecule has 0 unspecified atom stereocenters. The molecular weight excluding hydrogens is 252 g/mol. The van der Waals surface area contributed by atoms with Crippen LogP contribution >= 0.6 is 15.9 Å². The smallest absolute Gasteiger partial charge is 0.122 e. The second-order valence-corrected chi connectivity index (χ2v) is 4.33. The van der Waals surface area contributed by atoms with Crippen LogP contribution in [0.25, 0.3) is 0 Å². The normalized spacial score (nSPS) is 10.3. The van der Waals surface area contributed by atoms with Crippen molar-refractivity contribution in [1.29, 1.82) is 0 Å². The Labute approximate surface area is 101 Å². The molecule has 1 nitrogen and oxygen atoms in total. The van der Waals surface area contributed by atoms with Gasteiger partial charge < -0.3 is 4.74 Å². The Balaban J connectivity index is 2.44. The van der Waals surface area contributed by atoms with Gasteiger partial charge in [-0.05, 0) is 37.8 Å². The molecule has 0 atom stereocenters. The fraction of sp³-hybridized carbons (Fsp3) is 0.538. The van der Waals surface area contributed by atoms with E-state index in [-0.39, 0.29) is 0 Å². The molecule has 0 spiro atoms. The first-order valence-electron chi connectivity index (χ1n) is 5.65. The van der Waals surface area contributed by atoms with E-state index in [4.69, 9.17) is 4.74 Å². The summed E-state index contributed by atoms with van der Waals surface area (Å²) in [4.78, 5) is 0. The third-order valence-electron chi connectivity index (χ3n) is 2.35. The zero-order valence-electron chi connectivity index (χ0n) is 9.34. The highest BCUT2D eigenvalue weighted by Gasteiger charge is 2.01. The van der Waals surface area contributed by atoms with E-state index >= 15 is 0 Å². The molecule has 84 valence electrons. The summed E-state index contributed by atoms with van der Waals surface area (Å²) in [5.74, 6) is 1.05. The first kappa shape index (κ1) is 12.6. The van der Waals surface area contributed by atoms with Gasteiger partial charge in [-0.2, -0.15) is 0 Å². The van der Waals surface area contributed by atoms with E-state index in [0.717, 1.165) is 24.1 Å². The number of aryl methyl sites for hydroxylation is 1. The molecule has 0 heterocycles. The zero-order valence-corrected chi connectivity index (χ0v) is 10.9. The molecule has 0 saturated heterocycles. The van der Waals surface area contributed by atoms with Crippen LogP contribution in [0.4, 0.5) is 0 Å². The van der Waals surface area contributed by atoms with E-state index in [0.29, 0.717) is 0 Å². The fourth-order valence-corrected chi connectivity index (χ4v) is 1.99. The SMILES string of the molecule is CCOc1ccccc1CCCCCBr. The molecule has 2 heteroatoms. The second kappa shape index (κ2) is 7.75. The summed E-state index contributed by atoms with van der Waals surface area (Å²) < 4.78 is 5.58. The predicted molar refractivity (Wildman–Crippen MR) is 69.0 cm³/mol. The van der Waals surface area contributed by atoms with Crippen molar-refractivity contribution in [2.45, 2.75) is 32.6 Å². The number of rotatable bonds is 7. The molecule has 0 aliphatic heterocycles. The predicted octanol–water partition coefficient (Wildman–Crippen LogP) is 4.19. The topological polar surface area (TPSA) is 9.23 Å². The van der Waals surface area contributed by atoms with Crippen LogP contribution in [-0.2, 0) is 6.42 Å². The Bertz CT molecular complexity index is 273. The molecule has 1 aromatic carbocycles. The molecule has 0 N–H and O–H groups in total. The van der Waals surface area contributed by atoms with Crippen LogP contribution in [0.5, 0.6) is 5.75 Å². The first-order valence-corrected chi connectivity index (χ1v) is 6.77. The van der Waals surface area contributed by atoms with Crippen LogP contribution in [0.3, 0.4) is 0 Å². The maximum Gasteiger partial charge on any atom is 0.122 e. The molecule has 15 heavy (non-hydrogen) atoms. The molecule has 0 aliphatic carbocycles. The lowest BCUT2D eigenvalue weighted by molar-refractivity contribution is 0.336. The monoisotopic (exact) mass is 270 g/mol. The summed E-state index contributed by atoms with van der Waals surface area (Å²) in [6, 6.07) is 8.35. The minimum absolute atomic E-state index is 0.748. The minimum atomic E-state index is 0.748. The summed E-state index contributed by atoms with van der Waals surface area (Å²) in [5.41, 5.74) is 1.34. The van der Waals surface area contributed by atoms with E-state index in [9.17, 15) is 0 Å². The summed E-state index contributed by atoms with van der Waals surface area (Å²) in [7, 11) is 0. The largest absolute Gasteiger partial charge is 0.494 e. The summed E-state index contributed by atoms with van der Waals surface area (Å²) in [6.45, 7) is 2.78. The highest BCUT2D eigenvalue weighted by atomic mass is 79.9. The van der Waals surface area contributed by atoms with Gasteiger partial charge in [0.05, 0.1) is 6.61 Å². The van der Waals surface area contributed by atoms with E-state index in [1.165, 1.54) is 24.8 Å². The molecule has 0 radical (unpaired) electrons. The number of unbranched alkanes of at least 4 members (excludes halogenated alkanes) is 2. The van der Waals surface area contributed by atoms with Crippen molar-refractivity contribution < 1.29 is 4.74 Å². The third kappa shape index (κ3) is 4.70. The lowest BCUT2D eigenvalue weighted by Crippen LogP contribution is -1.96. The number of para-hydroxylation sites is 1. The van der Waals surface area contributed by atoms with Crippen LogP contribution in [0.15, 0.2) is 24.3 Å². The molecule has 0 aliphatic rings. The van der Waals surface area contributed by atoms with Gasteiger partial charge in [-0.25, -0.2) is 0 Å². The quantitative estimate of drug-likeness (QED) is 0.533. The number of ether oxygens (including phenoxy) is 1. The standard InChI is InChI=1S/C13H19BrO/c1-2-15-13-10-6-5-9-12(13)8-4-3-7-11-14/h5-6,9-10H,2-4,7-8,11H2,1H3. The Hall–Kier alpha value is -0.500. The Morgan fingerprint density at radius 2 is 1.93 bits per heavy atom. The van der Waals surface area contributed by atoms with Crippen molar-refractivity contribution in [3.05, 3.63) is 29.8 Å². The molecule has 1 aromatic rings. The third-order valence-corrected chi connectivity index (χ3v) is 2.91. The summed E-state index contributed by atoms with van der Waals surface area (Å²) in [5, 5.41) is 1.11. The Morgan fingerprint density at radius 3 is 2.67 bits per heavy atom. The van der Waals surface area contributed by atoms with E-state index in [1.54, 1.807) is 0 Å². The van der Waals surface area contributed by atoms with Crippen molar-refractivity contribution in [3.63, 3.8) is 0 Å². The lowest BCUT2D eigenvalue weighted by atomic mass is 10.1. The maximum absolute atomic E-state index is 5.58. The van der Waals surface area contributed by atoms with E-state index in [2.05, 4.69) is 34.1 Å². The van der Waals surface area contributed by atoms with Gasteiger partial charge in [0.1, 0.15) is 5.75 Å². The van der Waals surface area contributed by atoms with Crippen LogP contribution in [0, 0.1) is 0 Å². The van der Waals surface area contributed by atoms with Crippen LogP contribution < -0.4 is 4.74 Å². The van der Waals surface area contributed by atoms with Gasteiger partial charge in [0.15, 0.2) is 0 Å². The first-order chi connectivity index (χ1) is 7.38. The molecular formula is C13H19BrO. The number of halogens is 1. The van der Waals surface area contributed by atoms with E-state index < -0.39 is 0 Å². The number of hydrogen-bond acceptors (Lipinski definition) is 1. The second-order valence-electron chi connectivity index (χ2n) is 3.54. The number of hydrogen-bond donors (Lipinski definition) is 0. The Kier molecular flexibility index (Phi) is 6.49. The van der Waals surface area contributed by atoms with Gasteiger partial charge in [-0.15, -0.1) is 0 Å². The molecule has 0 saturated carbocycles. The zero-order chi connectivity index (χ0) is 10.9.